The Balaban J connectivity index is 2.12. The van der Waals surface area contributed by atoms with E-state index in [1.807, 2.05) is 18.2 Å². The van der Waals surface area contributed by atoms with Gasteiger partial charge in [-0.1, -0.05) is 11.8 Å². The fraction of sp³-hybridized carbons (Fsp3) is 0.214. The van der Waals surface area contributed by atoms with E-state index in [4.69, 9.17) is 4.74 Å². The Morgan fingerprint density at radius 3 is 2.83 bits per heavy atom. The van der Waals surface area contributed by atoms with Crippen molar-refractivity contribution >= 4 is 17.0 Å². The molecule has 0 saturated carbocycles. The van der Waals surface area contributed by atoms with E-state index in [1.165, 1.54) is 0 Å². The number of carbonyl (C=O) groups excluding carboxylic acids is 1. The average molecular weight is 240 g/mol. The van der Waals surface area contributed by atoms with Crippen LogP contribution in [0.25, 0.3) is 11.0 Å². The number of fused-ring (bicyclic) bond motifs is 1. The van der Waals surface area contributed by atoms with Crippen LogP contribution in [0.3, 0.4) is 0 Å². The lowest BCUT2D eigenvalue weighted by atomic mass is 10.2. The van der Waals surface area contributed by atoms with Crippen LogP contribution in [0.4, 0.5) is 0 Å². The van der Waals surface area contributed by atoms with Crippen molar-refractivity contribution in [1.29, 1.82) is 0 Å². The van der Waals surface area contributed by atoms with Gasteiger partial charge in [0.1, 0.15) is 6.42 Å². The van der Waals surface area contributed by atoms with Crippen molar-refractivity contribution in [3.05, 3.63) is 36.2 Å². The number of rotatable bonds is 2. The van der Waals surface area contributed by atoms with Crippen molar-refractivity contribution in [2.24, 2.45) is 0 Å². The normalized spacial score (nSPS) is 9.61. The van der Waals surface area contributed by atoms with Gasteiger partial charge < -0.3 is 4.74 Å². The van der Waals surface area contributed by atoms with Crippen LogP contribution in [-0.4, -0.2) is 22.5 Å². The summed E-state index contributed by atoms with van der Waals surface area (Å²) in [6.45, 7) is 2.15. The molecule has 1 aromatic carbocycles. The predicted octanol–water partition coefficient (Wildman–Crippen LogP) is 1.93. The quantitative estimate of drug-likeness (QED) is 0.594. The summed E-state index contributed by atoms with van der Waals surface area (Å²) < 4.78 is 4.79. The summed E-state index contributed by atoms with van der Waals surface area (Å²) >= 11 is 0. The van der Waals surface area contributed by atoms with Crippen molar-refractivity contribution in [2.45, 2.75) is 13.3 Å². The molecule has 0 bridgehead atoms. The zero-order valence-electron chi connectivity index (χ0n) is 10.0. The molecule has 4 heteroatoms. The number of aromatic nitrogens is 2. The van der Waals surface area contributed by atoms with Crippen molar-refractivity contribution in [3.63, 3.8) is 0 Å². The third kappa shape index (κ3) is 3.05. The van der Waals surface area contributed by atoms with Gasteiger partial charge in [0.15, 0.2) is 0 Å². The van der Waals surface area contributed by atoms with E-state index in [9.17, 15) is 4.79 Å². The molecular weight excluding hydrogens is 228 g/mol. The molecule has 0 saturated heterocycles. The highest BCUT2D eigenvalue weighted by molar-refractivity contribution is 5.76. The lowest BCUT2D eigenvalue weighted by Gasteiger charge is -1.96. The van der Waals surface area contributed by atoms with Gasteiger partial charge in [-0.05, 0) is 25.1 Å². The molecule has 18 heavy (non-hydrogen) atoms. The van der Waals surface area contributed by atoms with Gasteiger partial charge in [0, 0.05) is 18.0 Å². The molecule has 0 spiro atoms. The molecular formula is C14H12N2O2. The van der Waals surface area contributed by atoms with Crippen molar-refractivity contribution in [2.75, 3.05) is 6.61 Å². The van der Waals surface area contributed by atoms with E-state index in [1.54, 1.807) is 19.3 Å². The molecule has 0 fully saturated rings. The summed E-state index contributed by atoms with van der Waals surface area (Å²) in [4.78, 5) is 19.5. The molecule has 0 aliphatic carbocycles. The SMILES string of the molecule is CCOC(=O)CC#Cc1ccc2nccnc2c1. The van der Waals surface area contributed by atoms with Gasteiger partial charge in [0.25, 0.3) is 0 Å². The second-order valence-electron chi connectivity index (χ2n) is 3.54. The standard InChI is InChI=1S/C14H12N2O2/c1-2-18-14(17)5-3-4-11-6-7-12-13(10-11)16-9-8-15-12/h6-10H,2,5H2,1H3. The molecule has 0 N–H and O–H groups in total. The molecule has 90 valence electrons. The molecule has 1 aromatic heterocycles. The van der Waals surface area contributed by atoms with Gasteiger partial charge in [-0.25, -0.2) is 0 Å². The Morgan fingerprint density at radius 2 is 2.06 bits per heavy atom. The maximum absolute atomic E-state index is 11.1. The van der Waals surface area contributed by atoms with Crippen LogP contribution >= 0.6 is 0 Å². The van der Waals surface area contributed by atoms with Gasteiger partial charge in [0.05, 0.1) is 17.6 Å². The highest BCUT2D eigenvalue weighted by atomic mass is 16.5. The molecule has 0 atom stereocenters. The largest absolute Gasteiger partial charge is 0.465 e. The van der Waals surface area contributed by atoms with Gasteiger partial charge in [-0.3, -0.25) is 14.8 Å². The van der Waals surface area contributed by atoms with E-state index in [2.05, 4.69) is 21.8 Å². The van der Waals surface area contributed by atoms with Crippen LogP contribution in [0.15, 0.2) is 30.6 Å². The van der Waals surface area contributed by atoms with Crippen LogP contribution < -0.4 is 0 Å². The fourth-order valence-electron chi connectivity index (χ4n) is 1.47. The summed E-state index contributed by atoms with van der Waals surface area (Å²) in [6.07, 6.45) is 3.39. The third-order valence-corrected chi connectivity index (χ3v) is 2.24. The lowest BCUT2D eigenvalue weighted by molar-refractivity contribution is -0.141. The highest BCUT2D eigenvalue weighted by Crippen LogP contribution is 2.09. The lowest BCUT2D eigenvalue weighted by Crippen LogP contribution is -2.01. The monoisotopic (exact) mass is 240 g/mol. The van der Waals surface area contributed by atoms with Crippen molar-refractivity contribution in [1.82, 2.24) is 9.97 Å². The van der Waals surface area contributed by atoms with Gasteiger partial charge in [-0.15, -0.1) is 0 Å². The number of benzene rings is 1. The van der Waals surface area contributed by atoms with E-state index in [0.29, 0.717) is 6.61 Å². The minimum absolute atomic E-state index is 0.104. The van der Waals surface area contributed by atoms with Crippen LogP contribution in [0, 0.1) is 11.8 Å². The first kappa shape index (κ1) is 12.1. The zero-order chi connectivity index (χ0) is 12.8. The zero-order valence-corrected chi connectivity index (χ0v) is 10.0. The first-order valence-corrected chi connectivity index (χ1v) is 5.65. The molecule has 0 amide bonds. The summed E-state index contributed by atoms with van der Waals surface area (Å²) in [7, 11) is 0. The summed E-state index contributed by atoms with van der Waals surface area (Å²) in [6, 6.07) is 5.56. The Kier molecular flexibility index (Phi) is 3.87. The molecule has 0 radical (unpaired) electrons. The topological polar surface area (TPSA) is 52.1 Å². The van der Waals surface area contributed by atoms with Gasteiger partial charge in [0.2, 0.25) is 0 Å². The van der Waals surface area contributed by atoms with E-state index in [-0.39, 0.29) is 12.4 Å². The smallest absolute Gasteiger partial charge is 0.317 e. The van der Waals surface area contributed by atoms with Crippen LogP contribution in [0.5, 0.6) is 0 Å². The maximum atomic E-state index is 11.1. The molecule has 2 rings (SSSR count). The number of hydrogen-bond acceptors (Lipinski definition) is 4. The fourth-order valence-corrected chi connectivity index (χ4v) is 1.47. The van der Waals surface area contributed by atoms with Crippen LogP contribution in [0.2, 0.25) is 0 Å². The van der Waals surface area contributed by atoms with Gasteiger partial charge >= 0.3 is 5.97 Å². The summed E-state index contributed by atoms with van der Waals surface area (Å²) in [5.41, 5.74) is 2.43. The van der Waals surface area contributed by atoms with E-state index < -0.39 is 0 Å². The number of nitrogens with zero attached hydrogens (tertiary/aromatic N) is 2. The molecule has 0 unspecified atom stereocenters. The Labute approximate surface area is 105 Å². The van der Waals surface area contributed by atoms with Gasteiger partial charge in [-0.2, -0.15) is 0 Å². The minimum atomic E-state index is -0.300. The second kappa shape index (κ2) is 5.78. The minimum Gasteiger partial charge on any atom is -0.465 e. The Morgan fingerprint density at radius 1 is 1.28 bits per heavy atom. The third-order valence-electron chi connectivity index (χ3n) is 2.24. The molecule has 4 nitrogen and oxygen atoms in total. The number of ether oxygens (including phenoxy) is 1. The predicted molar refractivity (Wildman–Crippen MR) is 67.7 cm³/mol. The summed E-state index contributed by atoms with van der Waals surface area (Å²) in [5, 5.41) is 0. The Hall–Kier alpha value is -2.41. The Bertz CT molecular complexity index is 626. The molecule has 0 aliphatic heterocycles. The average Bonchev–Trinajstić information content (AvgIpc) is 2.39. The first-order valence-electron chi connectivity index (χ1n) is 5.65. The molecule has 1 heterocycles. The van der Waals surface area contributed by atoms with Crippen LogP contribution in [0.1, 0.15) is 18.9 Å². The van der Waals surface area contributed by atoms with Crippen molar-refractivity contribution < 1.29 is 9.53 Å². The number of carbonyl (C=O) groups is 1. The van der Waals surface area contributed by atoms with Crippen molar-refractivity contribution in [3.8, 4) is 11.8 Å². The van der Waals surface area contributed by atoms with E-state index >= 15 is 0 Å². The first-order chi connectivity index (χ1) is 8.79. The van der Waals surface area contributed by atoms with E-state index in [0.717, 1.165) is 16.6 Å². The highest BCUT2D eigenvalue weighted by Gasteiger charge is 1.97. The number of hydrogen-bond donors (Lipinski definition) is 0. The maximum Gasteiger partial charge on any atom is 0.317 e. The van der Waals surface area contributed by atoms with Crippen LogP contribution in [-0.2, 0) is 9.53 Å². The summed E-state index contributed by atoms with van der Waals surface area (Å²) in [5.74, 6) is 5.39. The second-order valence-corrected chi connectivity index (χ2v) is 3.54. The number of esters is 1. The molecule has 0 aliphatic rings. The molecule has 2 aromatic rings.